The monoisotopic (exact) mass is 214 g/mol. The summed E-state index contributed by atoms with van der Waals surface area (Å²) in [6.07, 6.45) is 1.63. The number of rotatable bonds is 3. The summed E-state index contributed by atoms with van der Waals surface area (Å²) in [5, 5.41) is 0.0954. The van der Waals surface area contributed by atoms with Crippen molar-refractivity contribution < 1.29 is 4.39 Å². The summed E-state index contributed by atoms with van der Waals surface area (Å²) in [5.41, 5.74) is 6.10. The molecule has 2 nitrogen and oxygen atoms in total. The first kappa shape index (κ1) is 11.0. The molecule has 0 atom stereocenters. The van der Waals surface area contributed by atoms with Crippen LogP contribution in [0.15, 0.2) is 23.2 Å². The standard InChI is InChI=1S/C10H12ClFN2/c1-2-3-10(13)14-7-4-5-8(11)9(12)6-7/h4-6H,2-3H2,1H3,(H2,13,14). The van der Waals surface area contributed by atoms with Crippen LogP contribution in [-0.4, -0.2) is 5.84 Å². The van der Waals surface area contributed by atoms with Gasteiger partial charge in [0.25, 0.3) is 0 Å². The number of halogens is 2. The van der Waals surface area contributed by atoms with E-state index in [1.165, 1.54) is 12.1 Å². The number of aliphatic imine (C=N–C) groups is 1. The van der Waals surface area contributed by atoms with Crippen molar-refractivity contribution in [2.45, 2.75) is 19.8 Å². The average Bonchev–Trinajstić information content (AvgIpc) is 2.12. The topological polar surface area (TPSA) is 38.4 Å². The minimum absolute atomic E-state index is 0.0954. The third-order valence-corrected chi connectivity index (χ3v) is 1.99. The Morgan fingerprint density at radius 2 is 2.29 bits per heavy atom. The van der Waals surface area contributed by atoms with Gasteiger partial charge in [0.1, 0.15) is 5.82 Å². The molecule has 1 aromatic carbocycles. The van der Waals surface area contributed by atoms with Gasteiger partial charge < -0.3 is 5.73 Å². The van der Waals surface area contributed by atoms with Gasteiger partial charge in [-0.2, -0.15) is 0 Å². The molecule has 0 radical (unpaired) electrons. The molecule has 0 spiro atoms. The van der Waals surface area contributed by atoms with Crippen molar-refractivity contribution >= 4 is 23.1 Å². The first-order valence-electron chi connectivity index (χ1n) is 4.41. The predicted octanol–water partition coefficient (Wildman–Crippen LogP) is 3.27. The third kappa shape index (κ3) is 3.00. The quantitative estimate of drug-likeness (QED) is 0.609. The van der Waals surface area contributed by atoms with Gasteiger partial charge in [0.15, 0.2) is 0 Å². The molecule has 0 saturated carbocycles. The van der Waals surface area contributed by atoms with Crippen molar-refractivity contribution in [2.75, 3.05) is 0 Å². The molecule has 0 aliphatic carbocycles. The Bertz CT molecular complexity index is 350. The molecule has 0 saturated heterocycles. The van der Waals surface area contributed by atoms with E-state index < -0.39 is 5.82 Å². The molecule has 1 rings (SSSR count). The van der Waals surface area contributed by atoms with Crippen LogP contribution in [0.25, 0.3) is 0 Å². The summed E-state index contributed by atoms with van der Waals surface area (Å²) in [5.74, 6) is 0.0337. The van der Waals surface area contributed by atoms with E-state index in [1.54, 1.807) is 6.07 Å². The first-order chi connectivity index (χ1) is 6.63. The van der Waals surface area contributed by atoms with Gasteiger partial charge in [-0.1, -0.05) is 18.5 Å². The molecule has 0 aliphatic heterocycles. The van der Waals surface area contributed by atoms with Gasteiger partial charge in [0.05, 0.1) is 16.5 Å². The molecule has 0 aromatic heterocycles. The van der Waals surface area contributed by atoms with E-state index in [-0.39, 0.29) is 5.02 Å². The first-order valence-corrected chi connectivity index (χ1v) is 4.79. The van der Waals surface area contributed by atoms with Crippen LogP contribution in [0.4, 0.5) is 10.1 Å². The summed E-state index contributed by atoms with van der Waals surface area (Å²) in [6, 6.07) is 4.37. The predicted molar refractivity (Wildman–Crippen MR) is 57.6 cm³/mol. The number of nitrogens with zero attached hydrogens (tertiary/aromatic N) is 1. The van der Waals surface area contributed by atoms with E-state index in [4.69, 9.17) is 17.3 Å². The molecule has 0 heterocycles. The van der Waals surface area contributed by atoms with Crippen molar-refractivity contribution in [3.63, 3.8) is 0 Å². The van der Waals surface area contributed by atoms with Gasteiger partial charge in [-0.25, -0.2) is 9.38 Å². The summed E-state index contributed by atoms with van der Waals surface area (Å²) < 4.78 is 13.0. The van der Waals surface area contributed by atoms with Gasteiger partial charge in [0.2, 0.25) is 0 Å². The fourth-order valence-electron chi connectivity index (χ4n) is 1.03. The Balaban J connectivity index is 2.87. The van der Waals surface area contributed by atoms with E-state index in [2.05, 4.69) is 4.99 Å². The van der Waals surface area contributed by atoms with Crippen molar-refractivity contribution in [1.82, 2.24) is 0 Å². The van der Waals surface area contributed by atoms with Gasteiger partial charge in [-0.15, -0.1) is 0 Å². The number of hydrogen-bond donors (Lipinski definition) is 1. The second kappa shape index (κ2) is 4.96. The second-order valence-electron chi connectivity index (χ2n) is 2.95. The van der Waals surface area contributed by atoms with E-state index >= 15 is 0 Å². The maximum absolute atomic E-state index is 13.0. The van der Waals surface area contributed by atoms with Crippen LogP contribution < -0.4 is 5.73 Å². The Morgan fingerprint density at radius 1 is 1.57 bits per heavy atom. The lowest BCUT2D eigenvalue weighted by Crippen LogP contribution is -2.09. The molecule has 0 fully saturated rings. The molecule has 0 amide bonds. The number of benzene rings is 1. The number of amidine groups is 1. The lowest BCUT2D eigenvalue weighted by Gasteiger charge is -1.99. The van der Waals surface area contributed by atoms with Crippen molar-refractivity contribution in [3.8, 4) is 0 Å². The zero-order valence-electron chi connectivity index (χ0n) is 7.93. The number of nitrogens with two attached hydrogens (primary N) is 1. The largest absolute Gasteiger partial charge is 0.387 e. The smallest absolute Gasteiger partial charge is 0.143 e. The number of hydrogen-bond acceptors (Lipinski definition) is 1. The van der Waals surface area contributed by atoms with E-state index in [0.717, 1.165) is 6.42 Å². The summed E-state index contributed by atoms with van der Waals surface area (Å²) in [4.78, 5) is 4.05. The van der Waals surface area contributed by atoms with Gasteiger partial charge in [-0.05, 0) is 18.6 Å². The average molecular weight is 215 g/mol. The molecule has 14 heavy (non-hydrogen) atoms. The zero-order valence-corrected chi connectivity index (χ0v) is 8.68. The van der Waals surface area contributed by atoms with E-state index in [1.807, 2.05) is 6.92 Å². The zero-order chi connectivity index (χ0) is 10.6. The van der Waals surface area contributed by atoms with Crippen molar-refractivity contribution in [1.29, 1.82) is 0 Å². The molecular weight excluding hydrogens is 203 g/mol. The molecule has 0 aliphatic rings. The van der Waals surface area contributed by atoms with Gasteiger partial charge in [0, 0.05) is 12.5 Å². The summed E-state index contributed by atoms with van der Waals surface area (Å²) in [6.45, 7) is 2.00. The maximum atomic E-state index is 13.0. The minimum atomic E-state index is -0.475. The molecule has 2 N–H and O–H groups in total. The second-order valence-corrected chi connectivity index (χ2v) is 3.36. The van der Waals surface area contributed by atoms with Crippen LogP contribution in [-0.2, 0) is 0 Å². The highest BCUT2D eigenvalue weighted by atomic mass is 35.5. The van der Waals surface area contributed by atoms with Crippen LogP contribution in [0, 0.1) is 5.82 Å². The normalized spacial score (nSPS) is 11.8. The molecule has 76 valence electrons. The van der Waals surface area contributed by atoms with Crippen LogP contribution >= 0.6 is 11.6 Å². The maximum Gasteiger partial charge on any atom is 0.143 e. The fourth-order valence-corrected chi connectivity index (χ4v) is 1.15. The highest BCUT2D eigenvalue weighted by Gasteiger charge is 2.00. The van der Waals surface area contributed by atoms with Crippen molar-refractivity contribution in [3.05, 3.63) is 29.0 Å². The summed E-state index contributed by atoms with van der Waals surface area (Å²) >= 11 is 5.52. The minimum Gasteiger partial charge on any atom is -0.387 e. The third-order valence-electron chi connectivity index (χ3n) is 1.68. The van der Waals surface area contributed by atoms with E-state index in [9.17, 15) is 4.39 Å². The molecule has 0 unspecified atom stereocenters. The Kier molecular flexibility index (Phi) is 3.89. The van der Waals surface area contributed by atoms with Crippen LogP contribution in [0.5, 0.6) is 0 Å². The van der Waals surface area contributed by atoms with Gasteiger partial charge >= 0.3 is 0 Å². The molecule has 0 bridgehead atoms. The lowest BCUT2D eigenvalue weighted by molar-refractivity contribution is 0.628. The van der Waals surface area contributed by atoms with Crippen molar-refractivity contribution in [2.24, 2.45) is 10.7 Å². The SMILES string of the molecule is CCCC(N)=Nc1ccc(Cl)c(F)c1. The van der Waals surface area contributed by atoms with Crippen LogP contribution in [0.3, 0.4) is 0 Å². The fraction of sp³-hybridized carbons (Fsp3) is 0.300. The van der Waals surface area contributed by atoms with Crippen LogP contribution in [0.2, 0.25) is 5.02 Å². The Labute approximate surface area is 87.6 Å². The van der Waals surface area contributed by atoms with E-state index in [0.29, 0.717) is 17.9 Å². The van der Waals surface area contributed by atoms with Crippen LogP contribution in [0.1, 0.15) is 19.8 Å². The highest BCUT2D eigenvalue weighted by Crippen LogP contribution is 2.20. The Hall–Kier alpha value is -1.09. The highest BCUT2D eigenvalue weighted by molar-refractivity contribution is 6.30. The summed E-state index contributed by atoms with van der Waals surface area (Å²) in [7, 11) is 0. The molecule has 1 aromatic rings. The molecule has 4 heteroatoms. The van der Waals surface area contributed by atoms with Gasteiger partial charge in [-0.3, -0.25) is 0 Å². The Morgan fingerprint density at radius 3 is 2.86 bits per heavy atom. The lowest BCUT2D eigenvalue weighted by atomic mass is 10.3. The molecular formula is C10H12ClFN2.